The van der Waals surface area contributed by atoms with Gasteiger partial charge in [0.05, 0.1) is 43.1 Å². The van der Waals surface area contributed by atoms with Crippen LogP contribution < -0.4 is 10.1 Å². The molecule has 0 radical (unpaired) electrons. The van der Waals surface area contributed by atoms with Crippen LogP contribution in [0.15, 0.2) is 30.5 Å². The number of nitrogens with zero attached hydrogens (tertiary/aromatic N) is 5. The molecule has 1 amide bonds. The average molecular weight is 525 g/mol. The molecule has 0 spiro atoms. The molecule has 0 bridgehead atoms. The quantitative estimate of drug-likeness (QED) is 0.524. The summed E-state index contributed by atoms with van der Waals surface area (Å²) in [5.41, 5.74) is 3.30. The molecule has 0 aliphatic carbocycles. The van der Waals surface area contributed by atoms with E-state index in [2.05, 4.69) is 21.4 Å². The minimum absolute atomic E-state index is 0.191. The number of methoxy groups -OCH3 is 1. The Kier molecular flexibility index (Phi) is 6.48. The van der Waals surface area contributed by atoms with Crippen LogP contribution >= 0.6 is 11.3 Å². The number of rotatable bonds is 6. The van der Waals surface area contributed by atoms with Gasteiger partial charge in [-0.25, -0.2) is 4.98 Å². The van der Waals surface area contributed by atoms with Crippen LogP contribution in [0.2, 0.25) is 0 Å². The molecule has 3 aromatic rings. The van der Waals surface area contributed by atoms with Crippen LogP contribution in [0.1, 0.15) is 45.0 Å². The number of carbonyl (C=O) groups excluding carboxylic acids is 1. The Balaban J connectivity index is 1.38. The van der Waals surface area contributed by atoms with Crippen molar-refractivity contribution in [3.8, 4) is 22.9 Å². The maximum Gasteiger partial charge on any atom is 0.282 e. The zero-order valence-electron chi connectivity index (χ0n) is 19.8. The summed E-state index contributed by atoms with van der Waals surface area (Å²) in [7, 11) is -1.97. The van der Waals surface area contributed by atoms with Crippen LogP contribution in [0.4, 0.5) is 5.13 Å². The standard InChI is InChI=1S/C24H24N6O4S2/c1-15-9-17(18-10-16(11-25)5-6-21(18)34-2)19(12-26-15)23(31)28-24-27-20-13-30(14-22(20)35-24)36(32,33)29-7-3-4-8-29/h5-6,9-10,12H,3-4,7-8,13-14H2,1-2H3,(H,27,28,31). The van der Waals surface area contributed by atoms with E-state index in [1.54, 1.807) is 24.3 Å². The van der Waals surface area contributed by atoms with Crippen LogP contribution in [-0.2, 0) is 23.3 Å². The number of hydrogen-bond acceptors (Lipinski definition) is 8. The van der Waals surface area contributed by atoms with E-state index in [1.165, 1.54) is 33.3 Å². The smallest absolute Gasteiger partial charge is 0.282 e. The first-order chi connectivity index (χ1) is 17.3. The Morgan fingerprint density at radius 3 is 2.64 bits per heavy atom. The van der Waals surface area contributed by atoms with Gasteiger partial charge in [-0.1, -0.05) is 11.3 Å². The first-order valence-electron chi connectivity index (χ1n) is 11.4. The lowest BCUT2D eigenvalue weighted by molar-refractivity contribution is 0.102. The van der Waals surface area contributed by atoms with Crippen molar-refractivity contribution in [2.45, 2.75) is 32.9 Å². The van der Waals surface area contributed by atoms with E-state index < -0.39 is 16.1 Å². The number of nitrogens with one attached hydrogen (secondary N) is 1. The molecule has 2 aliphatic rings. The molecule has 4 heterocycles. The molecule has 0 unspecified atom stereocenters. The number of amides is 1. The van der Waals surface area contributed by atoms with Crippen LogP contribution in [0.25, 0.3) is 11.1 Å². The van der Waals surface area contributed by atoms with E-state index >= 15 is 0 Å². The van der Waals surface area contributed by atoms with E-state index in [0.717, 1.165) is 17.7 Å². The number of benzene rings is 1. The molecule has 1 saturated heterocycles. The van der Waals surface area contributed by atoms with Crippen molar-refractivity contribution in [2.75, 3.05) is 25.5 Å². The zero-order chi connectivity index (χ0) is 25.4. The summed E-state index contributed by atoms with van der Waals surface area (Å²) in [5, 5.41) is 12.6. The molecule has 2 aliphatic heterocycles. The maximum atomic E-state index is 13.3. The summed E-state index contributed by atoms with van der Waals surface area (Å²) in [4.78, 5) is 22.9. The minimum Gasteiger partial charge on any atom is -0.496 e. The molecular formula is C24H24N6O4S2. The number of ether oxygens (including phenoxy) is 1. The number of fused-ring (bicyclic) bond motifs is 1. The number of pyridine rings is 1. The second-order valence-electron chi connectivity index (χ2n) is 8.62. The van der Waals surface area contributed by atoms with Crippen molar-refractivity contribution >= 4 is 32.6 Å². The van der Waals surface area contributed by atoms with Gasteiger partial charge in [-0.15, -0.1) is 0 Å². The third kappa shape index (κ3) is 4.46. The Morgan fingerprint density at radius 1 is 1.17 bits per heavy atom. The molecule has 0 saturated carbocycles. The van der Waals surface area contributed by atoms with Gasteiger partial charge in [0, 0.05) is 41.0 Å². The molecule has 0 atom stereocenters. The highest BCUT2D eigenvalue weighted by Crippen LogP contribution is 2.36. The SMILES string of the molecule is COc1ccc(C#N)cc1-c1cc(C)ncc1C(=O)Nc1nc2c(s1)CN(S(=O)(=O)N1CCCC1)C2. The lowest BCUT2D eigenvalue weighted by atomic mass is 9.97. The molecular weight excluding hydrogens is 500 g/mol. The van der Waals surface area contributed by atoms with Gasteiger partial charge in [0.2, 0.25) is 0 Å². The number of anilines is 1. The van der Waals surface area contributed by atoms with Gasteiger partial charge in [0.1, 0.15) is 5.75 Å². The second kappa shape index (κ2) is 9.59. The van der Waals surface area contributed by atoms with Gasteiger partial charge in [-0.3, -0.25) is 15.1 Å². The average Bonchev–Trinajstić information content (AvgIpc) is 3.61. The predicted octanol–water partition coefficient (Wildman–Crippen LogP) is 3.30. The van der Waals surface area contributed by atoms with Crippen molar-refractivity contribution in [3.63, 3.8) is 0 Å². The zero-order valence-corrected chi connectivity index (χ0v) is 21.4. The molecule has 1 fully saturated rings. The highest BCUT2D eigenvalue weighted by molar-refractivity contribution is 7.86. The molecule has 2 aromatic heterocycles. The normalized spacial score (nSPS) is 16.0. The highest BCUT2D eigenvalue weighted by atomic mass is 32.2. The topological polar surface area (TPSA) is 129 Å². The Labute approximate surface area is 213 Å². The van der Waals surface area contributed by atoms with E-state index in [0.29, 0.717) is 57.6 Å². The monoisotopic (exact) mass is 524 g/mol. The fourth-order valence-corrected chi connectivity index (χ4v) is 7.12. The van der Waals surface area contributed by atoms with Gasteiger partial charge in [-0.05, 0) is 44.0 Å². The van der Waals surface area contributed by atoms with E-state index in [4.69, 9.17) is 4.74 Å². The number of aryl methyl sites for hydroxylation is 1. The Hall–Kier alpha value is -3.37. The van der Waals surface area contributed by atoms with Crippen LogP contribution in [0, 0.1) is 18.3 Å². The third-order valence-electron chi connectivity index (χ3n) is 6.27. The van der Waals surface area contributed by atoms with E-state index in [-0.39, 0.29) is 13.1 Å². The number of thiazole rings is 1. The summed E-state index contributed by atoms with van der Waals surface area (Å²) >= 11 is 1.27. The van der Waals surface area contributed by atoms with Crippen molar-refractivity contribution < 1.29 is 17.9 Å². The second-order valence-corrected chi connectivity index (χ2v) is 11.6. The fraction of sp³-hybridized carbons (Fsp3) is 0.333. The third-order valence-corrected chi connectivity index (χ3v) is 9.19. The largest absolute Gasteiger partial charge is 0.496 e. The number of aromatic nitrogens is 2. The molecule has 12 heteroatoms. The molecule has 5 rings (SSSR count). The molecule has 1 N–H and O–H groups in total. The number of hydrogen-bond donors (Lipinski definition) is 1. The molecule has 36 heavy (non-hydrogen) atoms. The first-order valence-corrected chi connectivity index (χ1v) is 13.6. The predicted molar refractivity (Wildman–Crippen MR) is 135 cm³/mol. The summed E-state index contributed by atoms with van der Waals surface area (Å²) in [6.07, 6.45) is 3.25. The Bertz CT molecular complexity index is 1470. The van der Waals surface area contributed by atoms with Gasteiger partial charge in [0.25, 0.3) is 16.1 Å². The summed E-state index contributed by atoms with van der Waals surface area (Å²) in [5.74, 6) is 0.122. The Morgan fingerprint density at radius 2 is 1.94 bits per heavy atom. The maximum absolute atomic E-state index is 13.3. The van der Waals surface area contributed by atoms with Crippen LogP contribution in [0.3, 0.4) is 0 Å². The lowest BCUT2D eigenvalue weighted by Gasteiger charge is -2.22. The van der Waals surface area contributed by atoms with Crippen molar-refractivity contribution in [1.82, 2.24) is 18.6 Å². The van der Waals surface area contributed by atoms with Crippen LogP contribution in [0.5, 0.6) is 5.75 Å². The van der Waals surface area contributed by atoms with Crippen molar-refractivity contribution in [2.24, 2.45) is 0 Å². The van der Waals surface area contributed by atoms with Gasteiger partial charge in [0.15, 0.2) is 5.13 Å². The molecule has 186 valence electrons. The fourth-order valence-electron chi connectivity index (χ4n) is 4.43. The lowest BCUT2D eigenvalue weighted by Crippen LogP contribution is -2.39. The van der Waals surface area contributed by atoms with Crippen molar-refractivity contribution in [3.05, 3.63) is 57.9 Å². The first kappa shape index (κ1) is 24.3. The molecule has 1 aromatic carbocycles. The summed E-state index contributed by atoms with van der Waals surface area (Å²) in [6.45, 7) is 3.36. The van der Waals surface area contributed by atoms with E-state index in [1.807, 2.05) is 6.92 Å². The number of nitriles is 1. The van der Waals surface area contributed by atoms with Crippen molar-refractivity contribution in [1.29, 1.82) is 5.26 Å². The van der Waals surface area contributed by atoms with E-state index in [9.17, 15) is 18.5 Å². The molecule has 10 nitrogen and oxygen atoms in total. The van der Waals surface area contributed by atoms with Gasteiger partial charge < -0.3 is 4.74 Å². The van der Waals surface area contributed by atoms with Crippen LogP contribution in [-0.4, -0.2) is 53.1 Å². The minimum atomic E-state index is -3.50. The van der Waals surface area contributed by atoms with Gasteiger partial charge in [-0.2, -0.15) is 22.3 Å². The summed E-state index contributed by atoms with van der Waals surface area (Å²) < 4.78 is 34.2. The number of carbonyl (C=O) groups is 1. The van der Waals surface area contributed by atoms with Gasteiger partial charge >= 0.3 is 0 Å². The summed E-state index contributed by atoms with van der Waals surface area (Å²) in [6, 6.07) is 8.91. The highest BCUT2D eigenvalue weighted by Gasteiger charge is 2.37.